The molecule has 3 aromatic rings. The number of fused-ring (bicyclic) bond motifs is 1. The van der Waals surface area contributed by atoms with E-state index in [0.29, 0.717) is 24.8 Å². The standard InChI is InChI=1S/C25H30N6O3/c1-34-11-6-26-25(33)21-5-4-19(15-28-21)31-9-7-30(8-10-31)16-17-12-23-22(27-14-17)13-20(18-2-3-18)24(32)29-23/h4-5,12-15,18H,2-3,6-11,16H2,1H3,(H,26,33)(H,29,32). The van der Waals surface area contributed by atoms with Crippen LogP contribution in [0.3, 0.4) is 0 Å². The van der Waals surface area contributed by atoms with Crippen LogP contribution in [0.2, 0.25) is 0 Å². The van der Waals surface area contributed by atoms with E-state index in [1.165, 1.54) is 0 Å². The number of aromatic nitrogens is 3. The van der Waals surface area contributed by atoms with Gasteiger partial charge in [0.1, 0.15) is 5.69 Å². The van der Waals surface area contributed by atoms with Crippen LogP contribution in [-0.4, -0.2) is 72.2 Å². The number of aromatic amines is 1. The van der Waals surface area contributed by atoms with Crippen molar-refractivity contribution in [3.63, 3.8) is 0 Å². The lowest BCUT2D eigenvalue weighted by Gasteiger charge is -2.36. The van der Waals surface area contributed by atoms with Crippen LogP contribution in [0.4, 0.5) is 5.69 Å². The third kappa shape index (κ3) is 5.10. The van der Waals surface area contributed by atoms with Gasteiger partial charge in [-0.2, -0.15) is 0 Å². The monoisotopic (exact) mass is 462 g/mol. The van der Waals surface area contributed by atoms with Gasteiger partial charge in [0.25, 0.3) is 11.5 Å². The molecule has 4 heterocycles. The summed E-state index contributed by atoms with van der Waals surface area (Å²) in [4.78, 5) is 41.1. The van der Waals surface area contributed by atoms with Gasteiger partial charge in [-0.1, -0.05) is 0 Å². The Balaban J connectivity index is 1.16. The minimum Gasteiger partial charge on any atom is -0.383 e. The molecule has 2 aliphatic rings. The normalized spacial score (nSPS) is 16.7. The number of carbonyl (C=O) groups is 1. The van der Waals surface area contributed by atoms with Crippen LogP contribution in [-0.2, 0) is 11.3 Å². The number of pyridine rings is 3. The summed E-state index contributed by atoms with van der Waals surface area (Å²) < 4.78 is 4.95. The van der Waals surface area contributed by atoms with Crippen LogP contribution in [0, 0.1) is 0 Å². The highest BCUT2D eigenvalue weighted by molar-refractivity contribution is 5.92. The first kappa shape index (κ1) is 22.5. The molecule has 34 heavy (non-hydrogen) atoms. The molecule has 0 radical (unpaired) electrons. The van der Waals surface area contributed by atoms with E-state index in [1.807, 2.05) is 24.4 Å². The molecule has 3 aromatic heterocycles. The molecular weight excluding hydrogens is 432 g/mol. The minimum atomic E-state index is -0.192. The summed E-state index contributed by atoms with van der Waals surface area (Å²) in [6.07, 6.45) is 5.89. The summed E-state index contributed by atoms with van der Waals surface area (Å²) in [6, 6.07) is 7.72. The Kier molecular flexibility index (Phi) is 6.55. The molecule has 0 atom stereocenters. The van der Waals surface area contributed by atoms with Crippen molar-refractivity contribution in [3.8, 4) is 0 Å². The Hall–Kier alpha value is -3.30. The van der Waals surface area contributed by atoms with Gasteiger partial charge in [0.15, 0.2) is 0 Å². The van der Waals surface area contributed by atoms with Crippen LogP contribution < -0.4 is 15.8 Å². The maximum absolute atomic E-state index is 12.4. The Morgan fingerprint density at radius 3 is 2.68 bits per heavy atom. The van der Waals surface area contributed by atoms with Gasteiger partial charge in [0.05, 0.1) is 29.5 Å². The van der Waals surface area contributed by atoms with Gasteiger partial charge < -0.3 is 19.9 Å². The van der Waals surface area contributed by atoms with Crippen molar-refractivity contribution in [2.24, 2.45) is 0 Å². The molecule has 9 nitrogen and oxygen atoms in total. The Labute approximate surface area is 198 Å². The number of ether oxygens (including phenoxy) is 1. The molecule has 0 spiro atoms. The first-order valence-corrected chi connectivity index (χ1v) is 11.8. The van der Waals surface area contributed by atoms with E-state index in [0.717, 1.165) is 73.4 Å². The zero-order valence-electron chi connectivity index (χ0n) is 19.4. The van der Waals surface area contributed by atoms with Crippen LogP contribution >= 0.6 is 0 Å². The van der Waals surface area contributed by atoms with Gasteiger partial charge in [-0.05, 0) is 48.6 Å². The maximum atomic E-state index is 12.4. The highest BCUT2D eigenvalue weighted by Gasteiger charge is 2.26. The molecule has 1 aliphatic carbocycles. The number of nitrogens with zero attached hydrogens (tertiary/aromatic N) is 4. The van der Waals surface area contributed by atoms with E-state index in [-0.39, 0.29) is 11.5 Å². The summed E-state index contributed by atoms with van der Waals surface area (Å²) >= 11 is 0. The Morgan fingerprint density at radius 1 is 1.15 bits per heavy atom. The third-order valence-corrected chi connectivity index (χ3v) is 6.51. The SMILES string of the molecule is COCCNC(=O)c1ccc(N2CCN(Cc3cnc4cc(C5CC5)c(=O)[nH]c4c3)CC2)cn1. The second kappa shape index (κ2) is 9.90. The number of methoxy groups -OCH3 is 1. The molecule has 9 heteroatoms. The van der Waals surface area contributed by atoms with Crippen molar-refractivity contribution < 1.29 is 9.53 Å². The lowest BCUT2D eigenvalue weighted by molar-refractivity contribution is 0.0932. The fourth-order valence-electron chi connectivity index (χ4n) is 4.41. The van der Waals surface area contributed by atoms with Gasteiger partial charge in [-0.25, -0.2) is 4.98 Å². The summed E-state index contributed by atoms with van der Waals surface area (Å²) in [5.74, 6) is 0.220. The Bertz CT molecular complexity index is 1210. The fourth-order valence-corrected chi connectivity index (χ4v) is 4.41. The predicted molar refractivity (Wildman–Crippen MR) is 130 cm³/mol. The summed E-state index contributed by atoms with van der Waals surface area (Å²) in [6.45, 7) is 5.31. The van der Waals surface area contributed by atoms with Crippen LogP contribution in [0.5, 0.6) is 0 Å². The van der Waals surface area contributed by atoms with E-state index in [9.17, 15) is 9.59 Å². The number of carbonyl (C=O) groups excluding carboxylic acids is 1. The molecule has 1 saturated heterocycles. The quantitative estimate of drug-likeness (QED) is 0.493. The second-order valence-corrected chi connectivity index (χ2v) is 9.02. The van der Waals surface area contributed by atoms with Crippen molar-refractivity contribution in [2.75, 3.05) is 51.3 Å². The highest BCUT2D eigenvalue weighted by atomic mass is 16.5. The number of H-pyrrole nitrogens is 1. The topological polar surface area (TPSA) is 103 Å². The van der Waals surface area contributed by atoms with E-state index >= 15 is 0 Å². The van der Waals surface area contributed by atoms with Gasteiger partial charge in [-0.15, -0.1) is 0 Å². The molecule has 0 unspecified atom stereocenters. The van der Waals surface area contributed by atoms with Gasteiger partial charge in [-0.3, -0.25) is 19.5 Å². The first-order chi connectivity index (χ1) is 16.6. The maximum Gasteiger partial charge on any atom is 0.269 e. The van der Waals surface area contributed by atoms with Crippen molar-refractivity contribution in [2.45, 2.75) is 25.3 Å². The molecule has 178 valence electrons. The molecule has 0 aromatic carbocycles. The van der Waals surface area contributed by atoms with Crippen molar-refractivity contribution in [1.82, 2.24) is 25.2 Å². The van der Waals surface area contributed by atoms with Crippen molar-refractivity contribution in [3.05, 3.63) is 63.8 Å². The number of nitrogens with one attached hydrogen (secondary N) is 2. The number of piperazine rings is 1. The van der Waals surface area contributed by atoms with E-state index in [4.69, 9.17) is 4.74 Å². The molecule has 1 saturated carbocycles. The largest absolute Gasteiger partial charge is 0.383 e. The molecular formula is C25H30N6O3. The van der Waals surface area contributed by atoms with E-state index in [1.54, 1.807) is 19.4 Å². The van der Waals surface area contributed by atoms with Gasteiger partial charge in [0.2, 0.25) is 0 Å². The second-order valence-electron chi connectivity index (χ2n) is 9.02. The zero-order chi connectivity index (χ0) is 23.5. The summed E-state index contributed by atoms with van der Waals surface area (Å²) in [7, 11) is 1.60. The van der Waals surface area contributed by atoms with Gasteiger partial charge >= 0.3 is 0 Å². The lowest BCUT2D eigenvalue weighted by Crippen LogP contribution is -2.46. The first-order valence-electron chi connectivity index (χ1n) is 11.8. The number of hydrogen-bond acceptors (Lipinski definition) is 7. The smallest absolute Gasteiger partial charge is 0.269 e. The van der Waals surface area contributed by atoms with E-state index < -0.39 is 0 Å². The Morgan fingerprint density at radius 2 is 1.97 bits per heavy atom. The predicted octanol–water partition coefficient (Wildman–Crippen LogP) is 1.89. The molecule has 2 fully saturated rings. The highest BCUT2D eigenvalue weighted by Crippen LogP contribution is 2.38. The average molecular weight is 463 g/mol. The molecule has 0 bridgehead atoms. The molecule has 5 rings (SSSR count). The molecule has 1 aliphatic heterocycles. The van der Waals surface area contributed by atoms with Gasteiger partial charge in [0, 0.05) is 58.1 Å². The lowest BCUT2D eigenvalue weighted by atomic mass is 10.1. The summed E-state index contributed by atoms with van der Waals surface area (Å²) in [5.41, 5.74) is 5.09. The van der Waals surface area contributed by atoms with Crippen LogP contribution in [0.25, 0.3) is 11.0 Å². The fraction of sp³-hybridized carbons (Fsp3) is 0.440. The molecule has 2 N–H and O–H groups in total. The number of rotatable bonds is 8. The number of hydrogen-bond donors (Lipinski definition) is 2. The number of amides is 1. The molecule has 1 amide bonds. The number of anilines is 1. The van der Waals surface area contributed by atoms with Crippen LogP contribution in [0.15, 0.2) is 41.5 Å². The third-order valence-electron chi connectivity index (χ3n) is 6.51. The zero-order valence-corrected chi connectivity index (χ0v) is 19.4. The average Bonchev–Trinajstić information content (AvgIpc) is 3.70. The van der Waals surface area contributed by atoms with Crippen molar-refractivity contribution in [1.29, 1.82) is 0 Å². The minimum absolute atomic E-state index is 0.0228. The van der Waals surface area contributed by atoms with Crippen molar-refractivity contribution >= 4 is 22.6 Å². The van der Waals surface area contributed by atoms with Crippen LogP contribution in [0.1, 0.15) is 40.4 Å². The van der Waals surface area contributed by atoms with E-state index in [2.05, 4.69) is 30.1 Å². The summed E-state index contributed by atoms with van der Waals surface area (Å²) in [5, 5.41) is 2.78.